The van der Waals surface area contributed by atoms with Gasteiger partial charge in [0.25, 0.3) is 0 Å². The normalized spacial score (nSPS) is 18.4. The summed E-state index contributed by atoms with van der Waals surface area (Å²) in [6.45, 7) is 1.78. The lowest BCUT2D eigenvalue weighted by molar-refractivity contribution is 0.1000. The monoisotopic (exact) mass is 273 g/mol. The van der Waals surface area contributed by atoms with E-state index in [1.807, 2.05) is 30.1 Å². The highest BCUT2D eigenvalue weighted by Crippen LogP contribution is 2.32. The minimum atomic E-state index is 0.662. The van der Waals surface area contributed by atoms with Crippen molar-refractivity contribution >= 4 is 27.7 Å². The molecule has 4 heteroatoms. The molecule has 1 saturated heterocycles. The zero-order valence-electron chi connectivity index (χ0n) is 7.78. The number of pyridine rings is 1. The predicted molar refractivity (Wildman–Crippen MR) is 61.6 cm³/mol. The van der Waals surface area contributed by atoms with E-state index >= 15 is 0 Å². The summed E-state index contributed by atoms with van der Waals surface area (Å²) in [5.74, 6) is 0. The van der Waals surface area contributed by atoms with E-state index in [0.717, 1.165) is 35.6 Å². The first kappa shape index (κ1) is 10.5. The summed E-state index contributed by atoms with van der Waals surface area (Å²) < 4.78 is 6.42. The van der Waals surface area contributed by atoms with Crippen molar-refractivity contribution < 1.29 is 4.74 Å². The highest BCUT2D eigenvalue weighted by atomic mass is 79.9. The van der Waals surface area contributed by atoms with E-state index in [1.165, 1.54) is 0 Å². The fourth-order valence-electron chi connectivity index (χ4n) is 1.41. The molecule has 1 aromatic rings. The Morgan fingerprint density at radius 3 is 2.93 bits per heavy atom. The molecule has 1 fully saturated rings. The van der Waals surface area contributed by atoms with E-state index in [9.17, 15) is 0 Å². The Morgan fingerprint density at radius 1 is 1.43 bits per heavy atom. The van der Waals surface area contributed by atoms with Gasteiger partial charge in [-0.3, -0.25) is 0 Å². The number of nitrogens with zero attached hydrogens (tertiary/aromatic N) is 1. The molecule has 0 bridgehead atoms. The zero-order chi connectivity index (χ0) is 9.80. The van der Waals surface area contributed by atoms with Gasteiger partial charge in [0, 0.05) is 29.1 Å². The highest BCUT2D eigenvalue weighted by molar-refractivity contribution is 9.10. The van der Waals surface area contributed by atoms with Crippen molar-refractivity contribution in [2.24, 2.45) is 0 Å². The smallest absolute Gasteiger partial charge is 0.110 e. The summed E-state index contributed by atoms with van der Waals surface area (Å²) in [5, 5.41) is 1.76. The van der Waals surface area contributed by atoms with Gasteiger partial charge >= 0.3 is 0 Å². The minimum Gasteiger partial charge on any atom is -0.381 e. The molecule has 0 aromatic carbocycles. The lowest BCUT2D eigenvalue weighted by atomic mass is 10.2. The molecule has 1 aromatic heterocycles. The summed E-state index contributed by atoms with van der Waals surface area (Å²) >= 11 is 5.36. The number of hydrogen-bond donors (Lipinski definition) is 0. The summed E-state index contributed by atoms with van der Waals surface area (Å²) in [7, 11) is 0. The topological polar surface area (TPSA) is 22.1 Å². The Hall–Kier alpha value is -0.0600. The quantitative estimate of drug-likeness (QED) is 0.827. The summed E-state index contributed by atoms with van der Waals surface area (Å²) in [5.41, 5.74) is 0. The third kappa shape index (κ3) is 2.72. The number of aromatic nitrogens is 1. The molecule has 14 heavy (non-hydrogen) atoms. The van der Waals surface area contributed by atoms with Crippen LogP contribution in [0.2, 0.25) is 0 Å². The van der Waals surface area contributed by atoms with Crippen molar-refractivity contribution in [2.45, 2.75) is 23.1 Å². The summed E-state index contributed by atoms with van der Waals surface area (Å²) in [4.78, 5) is 4.35. The SMILES string of the molecule is Brc1cccnc1SC1CCOCC1. The molecule has 2 heterocycles. The number of ether oxygens (including phenoxy) is 1. The van der Waals surface area contributed by atoms with E-state index < -0.39 is 0 Å². The van der Waals surface area contributed by atoms with Crippen LogP contribution in [0, 0.1) is 0 Å². The van der Waals surface area contributed by atoms with Gasteiger partial charge in [-0.15, -0.1) is 11.8 Å². The average molecular weight is 274 g/mol. The van der Waals surface area contributed by atoms with Gasteiger partial charge in [0.15, 0.2) is 0 Å². The van der Waals surface area contributed by atoms with Gasteiger partial charge in [-0.1, -0.05) is 0 Å². The molecule has 0 radical (unpaired) electrons. The van der Waals surface area contributed by atoms with Crippen LogP contribution in [-0.4, -0.2) is 23.4 Å². The van der Waals surface area contributed by atoms with E-state index in [-0.39, 0.29) is 0 Å². The Labute approximate surface area is 96.6 Å². The van der Waals surface area contributed by atoms with Gasteiger partial charge in [0.05, 0.1) is 0 Å². The zero-order valence-corrected chi connectivity index (χ0v) is 10.2. The number of hydrogen-bond acceptors (Lipinski definition) is 3. The number of halogens is 1. The Bertz CT molecular complexity index is 302. The van der Waals surface area contributed by atoms with Crippen LogP contribution in [0.5, 0.6) is 0 Å². The van der Waals surface area contributed by atoms with Crippen LogP contribution in [0.1, 0.15) is 12.8 Å². The van der Waals surface area contributed by atoms with E-state index in [1.54, 1.807) is 0 Å². The molecule has 2 rings (SSSR count). The molecule has 0 saturated carbocycles. The van der Waals surface area contributed by atoms with Crippen LogP contribution in [0.25, 0.3) is 0 Å². The minimum absolute atomic E-state index is 0.662. The second-order valence-corrected chi connectivity index (χ2v) is 5.36. The lowest BCUT2D eigenvalue weighted by Gasteiger charge is -2.21. The molecule has 76 valence electrons. The summed E-state index contributed by atoms with van der Waals surface area (Å²) in [6.07, 6.45) is 4.10. The molecular weight excluding hydrogens is 262 g/mol. The largest absolute Gasteiger partial charge is 0.381 e. The molecule has 1 aliphatic rings. The van der Waals surface area contributed by atoms with Crippen molar-refractivity contribution in [3.05, 3.63) is 22.8 Å². The van der Waals surface area contributed by atoms with E-state index in [0.29, 0.717) is 5.25 Å². The van der Waals surface area contributed by atoms with E-state index in [4.69, 9.17) is 4.74 Å². The Morgan fingerprint density at radius 2 is 2.21 bits per heavy atom. The maximum absolute atomic E-state index is 5.32. The van der Waals surface area contributed by atoms with Crippen molar-refractivity contribution in [2.75, 3.05) is 13.2 Å². The lowest BCUT2D eigenvalue weighted by Crippen LogP contribution is -2.17. The Balaban J connectivity index is 1.99. The standard InChI is InChI=1S/C10H12BrNOS/c11-9-2-1-5-12-10(9)14-8-3-6-13-7-4-8/h1-2,5,8H,3-4,6-7H2. The molecule has 0 atom stereocenters. The van der Waals surface area contributed by atoms with Gasteiger partial charge in [-0.05, 0) is 40.9 Å². The molecule has 0 spiro atoms. The van der Waals surface area contributed by atoms with Gasteiger partial charge in [0.1, 0.15) is 5.03 Å². The van der Waals surface area contributed by atoms with Gasteiger partial charge in [0.2, 0.25) is 0 Å². The van der Waals surface area contributed by atoms with Gasteiger partial charge in [-0.25, -0.2) is 4.98 Å². The van der Waals surface area contributed by atoms with Crippen LogP contribution in [0.3, 0.4) is 0 Å². The third-order valence-electron chi connectivity index (χ3n) is 2.17. The van der Waals surface area contributed by atoms with Gasteiger partial charge < -0.3 is 4.74 Å². The van der Waals surface area contributed by atoms with Crippen molar-refractivity contribution in [1.29, 1.82) is 0 Å². The van der Waals surface area contributed by atoms with E-state index in [2.05, 4.69) is 20.9 Å². The molecule has 0 amide bonds. The number of thioether (sulfide) groups is 1. The first-order valence-electron chi connectivity index (χ1n) is 4.71. The predicted octanol–water partition coefficient (Wildman–Crippen LogP) is 3.12. The molecule has 0 N–H and O–H groups in total. The fraction of sp³-hybridized carbons (Fsp3) is 0.500. The average Bonchev–Trinajstić information content (AvgIpc) is 2.23. The van der Waals surface area contributed by atoms with Crippen LogP contribution in [0.15, 0.2) is 27.8 Å². The molecule has 0 unspecified atom stereocenters. The highest BCUT2D eigenvalue weighted by Gasteiger charge is 2.16. The summed E-state index contributed by atoms with van der Waals surface area (Å²) in [6, 6.07) is 3.98. The molecule has 2 nitrogen and oxygen atoms in total. The second-order valence-electron chi connectivity index (χ2n) is 3.22. The first-order chi connectivity index (χ1) is 6.86. The maximum atomic E-state index is 5.32. The van der Waals surface area contributed by atoms with Crippen molar-refractivity contribution in [1.82, 2.24) is 4.98 Å². The second kappa shape index (κ2) is 5.14. The van der Waals surface area contributed by atoms with Crippen LogP contribution in [-0.2, 0) is 4.74 Å². The Kier molecular flexibility index (Phi) is 3.84. The maximum Gasteiger partial charge on any atom is 0.110 e. The first-order valence-corrected chi connectivity index (χ1v) is 6.38. The molecular formula is C10H12BrNOS. The van der Waals surface area contributed by atoms with Crippen molar-refractivity contribution in [3.63, 3.8) is 0 Å². The molecule has 1 aliphatic heterocycles. The third-order valence-corrected chi connectivity index (χ3v) is 4.43. The molecule has 0 aliphatic carbocycles. The van der Waals surface area contributed by atoms with Crippen LogP contribution >= 0.6 is 27.7 Å². The van der Waals surface area contributed by atoms with Crippen LogP contribution in [0.4, 0.5) is 0 Å². The fourth-order valence-corrected chi connectivity index (χ4v) is 2.99. The number of rotatable bonds is 2. The van der Waals surface area contributed by atoms with Gasteiger partial charge in [-0.2, -0.15) is 0 Å². The van der Waals surface area contributed by atoms with Crippen LogP contribution < -0.4 is 0 Å². The van der Waals surface area contributed by atoms with Crippen molar-refractivity contribution in [3.8, 4) is 0 Å².